The lowest BCUT2D eigenvalue weighted by Crippen LogP contribution is -2.15. The minimum absolute atomic E-state index is 0.153. The lowest BCUT2D eigenvalue weighted by molar-refractivity contribution is 0.116. The molecule has 1 heterocycles. The number of aryl methyl sites for hydroxylation is 2. The smallest absolute Gasteiger partial charge is 0.0566 e. The van der Waals surface area contributed by atoms with Gasteiger partial charge in [0.15, 0.2) is 0 Å². The number of thiophene rings is 1. The van der Waals surface area contributed by atoms with Gasteiger partial charge in [-0.05, 0) is 42.7 Å². The van der Waals surface area contributed by atoms with Crippen LogP contribution in [0.4, 0.5) is 0 Å². The number of hydrogen-bond acceptors (Lipinski definition) is 2. The molecule has 0 aliphatic rings. The first-order chi connectivity index (χ1) is 6.09. The van der Waals surface area contributed by atoms with Crippen LogP contribution in [0.25, 0.3) is 0 Å². The molecule has 2 heteroatoms. The highest BCUT2D eigenvalue weighted by Crippen LogP contribution is 2.16. The molecule has 0 amide bonds. The number of aliphatic hydroxyl groups is 1. The Morgan fingerprint density at radius 2 is 2.15 bits per heavy atom. The molecule has 0 spiro atoms. The fourth-order valence-corrected chi connectivity index (χ4v) is 2.02. The van der Waals surface area contributed by atoms with Gasteiger partial charge in [0.1, 0.15) is 0 Å². The van der Waals surface area contributed by atoms with Gasteiger partial charge in [0.25, 0.3) is 0 Å². The number of aliphatic hydroxyl groups excluding tert-OH is 1. The van der Waals surface area contributed by atoms with E-state index < -0.39 is 0 Å². The molecular weight excluding hydrogens is 180 g/mol. The Bertz CT molecular complexity index is 252. The summed E-state index contributed by atoms with van der Waals surface area (Å²) in [6.45, 7) is 6.24. The van der Waals surface area contributed by atoms with Crippen LogP contribution in [-0.2, 0) is 6.42 Å². The lowest BCUT2D eigenvalue weighted by atomic mass is 10.0. The van der Waals surface area contributed by atoms with E-state index in [-0.39, 0.29) is 6.10 Å². The molecule has 1 aromatic heterocycles. The second-order valence-electron chi connectivity index (χ2n) is 3.92. The maximum Gasteiger partial charge on any atom is 0.0566 e. The van der Waals surface area contributed by atoms with Gasteiger partial charge in [-0.25, -0.2) is 0 Å². The molecule has 0 fully saturated rings. The summed E-state index contributed by atoms with van der Waals surface area (Å²) in [6.07, 6.45) is 1.73. The molecule has 0 aromatic carbocycles. The van der Waals surface area contributed by atoms with Gasteiger partial charge in [-0.15, -0.1) is 11.3 Å². The van der Waals surface area contributed by atoms with Crippen molar-refractivity contribution in [3.05, 3.63) is 21.9 Å². The van der Waals surface area contributed by atoms with Crippen molar-refractivity contribution in [1.82, 2.24) is 0 Å². The third kappa shape index (κ3) is 3.49. The predicted molar refractivity (Wildman–Crippen MR) is 58.2 cm³/mol. The highest BCUT2D eigenvalue weighted by atomic mass is 32.1. The largest absolute Gasteiger partial charge is 0.393 e. The van der Waals surface area contributed by atoms with Crippen LogP contribution in [-0.4, -0.2) is 11.2 Å². The average molecular weight is 198 g/mol. The molecule has 74 valence electrons. The maximum atomic E-state index is 9.60. The molecule has 0 saturated carbocycles. The second-order valence-corrected chi connectivity index (χ2v) is 5.03. The molecule has 1 rings (SSSR count). The molecule has 0 radical (unpaired) electrons. The van der Waals surface area contributed by atoms with Crippen LogP contribution in [0, 0.1) is 12.8 Å². The molecule has 0 aliphatic heterocycles. The summed E-state index contributed by atoms with van der Waals surface area (Å²) in [6, 6.07) is 2.21. The van der Waals surface area contributed by atoms with E-state index in [9.17, 15) is 5.11 Å². The van der Waals surface area contributed by atoms with E-state index in [1.165, 1.54) is 10.4 Å². The molecule has 0 saturated heterocycles. The molecule has 1 atom stereocenters. The van der Waals surface area contributed by atoms with Crippen molar-refractivity contribution in [3.8, 4) is 0 Å². The van der Waals surface area contributed by atoms with Gasteiger partial charge in [0.05, 0.1) is 6.10 Å². The average Bonchev–Trinajstić information content (AvgIpc) is 2.47. The summed E-state index contributed by atoms with van der Waals surface area (Å²) in [7, 11) is 0. The quantitative estimate of drug-likeness (QED) is 0.788. The van der Waals surface area contributed by atoms with Crippen LogP contribution < -0.4 is 0 Å². The van der Waals surface area contributed by atoms with Crippen molar-refractivity contribution >= 4 is 11.3 Å². The zero-order valence-corrected chi connectivity index (χ0v) is 9.40. The summed E-state index contributed by atoms with van der Waals surface area (Å²) in [5.74, 6) is 0.375. The predicted octanol–water partition coefficient (Wildman–Crippen LogP) is 3.01. The molecule has 1 nitrogen and oxygen atoms in total. The zero-order chi connectivity index (χ0) is 9.84. The topological polar surface area (TPSA) is 20.2 Å². The van der Waals surface area contributed by atoms with E-state index in [1.54, 1.807) is 11.3 Å². The fourth-order valence-electron chi connectivity index (χ4n) is 1.28. The van der Waals surface area contributed by atoms with Crippen molar-refractivity contribution in [2.45, 2.75) is 39.7 Å². The summed E-state index contributed by atoms with van der Waals surface area (Å²) in [5, 5.41) is 11.8. The summed E-state index contributed by atoms with van der Waals surface area (Å²) in [4.78, 5) is 1.36. The zero-order valence-electron chi connectivity index (χ0n) is 8.58. The van der Waals surface area contributed by atoms with Gasteiger partial charge < -0.3 is 5.11 Å². The Balaban J connectivity index is 2.35. The van der Waals surface area contributed by atoms with E-state index in [0.717, 1.165) is 12.8 Å². The third-order valence-corrected chi connectivity index (χ3v) is 3.19. The van der Waals surface area contributed by atoms with Crippen LogP contribution in [0.15, 0.2) is 11.4 Å². The van der Waals surface area contributed by atoms with E-state index in [2.05, 4.69) is 32.2 Å². The summed E-state index contributed by atoms with van der Waals surface area (Å²) >= 11 is 1.78. The minimum Gasteiger partial charge on any atom is -0.393 e. The molecule has 0 aliphatic carbocycles. The van der Waals surface area contributed by atoms with Gasteiger partial charge in [-0.1, -0.05) is 13.8 Å². The number of hydrogen-bond donors (Lipinski definition) is 1. The summed E-state index contributed by atoms with van der Waals surface area (Å²) < 4.78 is 0. The van der Waals surface area contributed by atoms with E-state index in [0.29, 0.717) is 5.92 Å². The Hall–Kier alpha value is -0.340. The van der Waals surface area contributed by atoms with Crippen LogP contribution in [0.5, 0.6) is 0 Å². The van der Waals surface area contributed by atoms with Crippen LogP contribution >= 0.6 is 11.3 Å². The SMILES string of the molecule is Cc1cc(CCC(O)C(C)C)cs1. The van der Waals surface area contributed by atoms with E-state index in [4.69, 9.17) is 0 Å². The van der Waals surface area contributed by atoms with Gasteiger partial charge in [-0.3, -0.25) is 0 Å². The monoisotopic (exact) mass is 198 g/mol. The molecule has 1 N–H and O–H groups in total. The Kier molecular flexibility index (Phi) is 3.94. The van der Waals surface area contributed by atoms with Gasteiger partial charge in [0.2, 0.25) is 0 Å². The first-order valence-corrected chi connectivity index (χ1v) is 5.69. The van der Waals surface area contributed by atoms with Gasteiger partial charge in [-0.2, -0.15) is 0 Å². The van der Waals surface area contributed by atoms with Gasteiger partial charge >= 0.3 is 0 Å². The molecule has 1 unspecified atom stereocenters. The Morgan fingerprint density at radius 1 is 1.46 bits per heavy atom. The van der Waals surface area contributed by atoms with E-state index in [1.807, 2.05) is 0 Å². The molecule has 1 aromatic rings. The van der Waals surface area contributed by atoms with Crippen LogP contribution in [0.3, 0.4) is 0 Å². The van der Waals surface area contributed by atoms with Crippen molar-refractivity contribution in [1.29, 1.82) is 0 Å². The summed E-state index contributed by atoms with van der Waals surface area (Å²) in [5.41, 5.74) is 1.36. The van der Waals surface area contributed by atoms with Crippen LogP contribution in [0.1, 0.15) is 30.7 Å². The van der Waals surface area contributed by atoms with Gasteiger partial charge in [0, 0.05) is 4.88 Å². The first kappa shape index (κ1) is 10.7. The lowest BCUT2D eigenvalue weighted by Gasteiger charge is -2.13. The van der Waals surface area contributed by atoms with Crippen molar-refractivity contribution in [3.63, 3.8) is 0 Å². The number of rotatable bonds is 4. The highest BCUT2D eigenvalue weighted by Gasteiger charge is 2.09. The van der Waals surface area contributed by atoms with Crippen molar-refractivity contribution in [2.24, 2.45) is 5.92 Å². The van der Waals surface area contributed by atoms with Crippen LogP contribution in [0.2, 0.25) is 0 Å². The fraction of sp³-hybridized carbons (Fsp3) is 0.636. The van der Waals surface area contributed by atoms with E-state index >= 15 is 0 Å². The first-order valence-electron chi connectivity index (χ1n) is 4.81. The molecule has 13 heavy (non-hydrogen) atoms. The standard InChI is InChI=1S/C11H18OS/c1-8(2)11(12)5-4-10-6-9(3)13-7-10/h6-8,11-12H,4-5H2,1-3H3. The second kappa shape index (κ2) is 4.77. The minimum atomic E-state index is -0.153. The normalized spacial score (nSPS) is 13.6. The van der Waals surface area contributed by atoms with Crippen molar-refractivity contribution < 1.29 is 5.11 Å². The third-order valence-electron chi connectivity index (χ3n) is 2.28. The molecular formula is C11H18OS. The highest BCUT2D eigenvalue weighted by molar-refractivity contribution is 7.10. The Morgan fingerprint density at radius 3 is 2.62 bits per heavy atom. The van der Waals surface area contributed by atoms with Crippen molar-refractivity contribution in [2.75, 3.05) is 0 Å². The maximum absolute atomic E-state index is 9.60. The molecule has 0 bridgehead atoms. The Labute approximate surface area is 84.4 Å².